The van der Waals surface area contributed by atoms with E-state index in [-0.39, 0.29) is 5.41 Å². The Bertz CT molecular complexity index is 222. The third-order valence-electron chi connectivity index (χ3n) is 3.39. The van der Waals surface area contributed by atoms with Gasteiger partial charge < -0.3 is 5.11 Å². The number of alkyl halides is 1. The van der Waals surface area contributed by atoms with Crippen molar-refractivity contribution in [2.45, 2.75) is 51.3 Å². The van der Waals surface area contributed by atoms with E-state index in [2.05, 4.69) is 20.8 Å². The maximum atomic E-state index is 10.9. The predicted octanol–water partition coefficient (Wildman–Crippen LogP) is 3.28. The molecule has 0 bridgehead atoms. The normalized spacial score (nSPS) is 34.1. The number of rotatable bonds is 1. The Morgan fingerprint density at radius 2 is 1.79 bits per heavy atom. The zero-order valence-corrected chi connectivity index (χ0v) is 9.90. The van der Waals surface area contributed by atoms with Crippen molar-refractivity contribution in [3.05, 3.63) is 0 Å². The first-order valence-electron chi connectivity index (χ1n) is 5.18. The standard InChI is InChI=1S/C11H19ClO2/c1-10(2,3)8-4-6-11(12,7-5-8)9(13)14/h8H,4-7H2,1-3H3,(H,13,14). The van der Waals surface area contributed by atoms with E-state index in [1.165, 1.54) is 0 Å². The molecule has 0 unspecified atom stereocenters. The summed E-state index contributed by atoms with van der Waals surface area (Å²) in [6.07, 6.45) is 3.07. The van der Waals surface area contributed by atoms with Crippen LogP contribution in [-0.4, -0.2) is 16.0 Å². The van der Waals surface area contributed by atoms with Crippen LogP contribution in [0.15, 0.2) is 0 Å². The highest BCUT2D eigenvalue weighted by molar-refractivity contribution is 6.33. The Kier molecular flexibility index (Phi) is 3.15. The van der Waals surface area contributed by atoms with Crippen LogP contribution in [0.2, 0.25) is 0 Å². The molecule has 1 aliphatic carbocycles. The van der Waals surface area contributed by atoms with Gasteiger partial charge in [-0.3, -0.25) is 4.79 Å². The first kappa shape index (κ1) is 11.8. The third kappa shape index (κ3) is 2.41. The van der Waals surface area contributed by atoms with Gasteiger partial charge in [0.1, 0.15) is 4.87 Å². The molecule has 82 valence electrons. The highest BCUT2D eigenvalue weighted by Crippen LogP contribution is 2.44. The van der Waals surface area contributed by atoms with E-state index in [1.807, 2.05) is 0 Å². The van der Waals surface area contributed by atoms with Crippen molar-refractivity contribution < 1.29 is 9.90 Å². The molecule has 14 heavy (non-hydrogen) atoms. The molecule has 0 atom stereocenters. The second kappa shape index (κ2) is 3.73. The largest absolute Gasteiger partial charge is 0.480 e. The molecule has 0 spiro atoms. The molecule has 0 heterocycles. The van der Waals surface area contributed by atoms with E-state index in [0.29, 0.717) is 18.8 Å². The molecule has 1 saturated carbocycles. The van der Waals surface area contributed by atoms with Crippen LogP contribution in [0.1, 0.15) is 46.5 Å². The first-order valence-corrected chi connectivity index (χ1v) is 5.56. The van der Waals surface area contributed by atoms with Crippen molar-refractivity contribution in [2.24, 2.45) is 11.3 Å². The molecule has 1 aliphatic rings. The molecule has 3 heteroatoms. The summed E-state index contributed by atoms with van der Waals surface area (Å²) in [6, 6.07) is 0. The predicted molar refractivity (Wildman–Crippen MR) is 57.6 cm³/mol. The van der Waals surface area contributed by atoms with Crippen molar-refractivity contribution in [3.8, 4) is 0 Å². The van der Waals surface area contributed by atoms with Crippen LogP contribution in [0, 0.1) is 11.3 Å². The van der Waals surface area contributed by atoms with Gasteiger partial charge in [-0.25, -0.2) is 0 Å². The van der Waals surface area contributed by atoms with Gasteiger partial charge >= 0.3 is 5.97 Å². The molecule has 0 aromatic carbocycles. The summed E-state index contributed by atoms with van der Waals surface area (Å²) in [7, 11) is 0. The highest BCUT2D eigenvalue weighted by atomic mass is 35.5. The Hall–Kier alpha value is -0.240. The van der Waals surface area contributed by atoms with Crippen molar-refractivity contribution in [1.29, 1.82) is 0 Å². The lowest BCUT2D eigenvalue weighted by atomic mass is 9.69. The lowest BCUT2D eigenvalue weighted by Crippen LogP contribution is -2.39. The zero-order chi connectivity index (χ0) is 11.0. The molecule has 2 nitrogen and oxygen atoms in total. The van der Waals surface area contributed by atoms with Crippen molar-refractivity contribution >= 4 is 17.6 Å². The molecule has 0 saturated heterocycles. The van der Waals surface area contributed by atoms with Gasteiger partial charge in [-0.2, -0.15) is 0 Å². The third-order valence-corrected chi connectivity index (χ3v) is 3.93. The van der Waals surface area contributed by atoms with Crippen molar-refractivity contribution in [3.63, 3.8) is 0 Å². The van der Waals surface area contributed by atoms with E-state index < -0.39 is 10.8 Å². The number of carboxylic acid groups (broad SMARTS) is 1. The molecular formula is C11H19ClO2. The lowest BCUT2D eigenvalue weighted by Gasteiger charge is -2.38. The van der Waals surface area contributed by atoms with Gasteiger partial charge in [-0.1, -0.05) is 20.8 Å². The average molecular weight is 219 g/mol. The SMILES string of the molecule is CC(C)(C)C1CCC(Cl)(C(=O)O)CC1. The number of aliphatic carboxylic acids is 1. The lowest BCUT2D eigenvalue weighted by molar-refractivity contribution is -0.141. The minimum Gasteiger partial charge on any atom is -0.480 e. The molecule has 1 N–H and O–H groups in total. The van der Waals surface area contributed by atoms with Crippen LogP contribution in [0.4, 0.5) is 0 Å². The van der Waals surface area contributed by atoms with E-state index in [9.17, 15) is 4.79 Å². The summed E-state index contributed by atoms with van der Waals surface area (Å²) in [5.74, 6) is -0.250. The van der Waals surface area contributed by atoms with E-state index >= 15 is 0 Å². The van der Waals surface area contributed by atoms with Gasteiger partial charge in [0, 0.05) is 0 Å². The Morgan fingerprint density at radius 1 is 1.36 bits per heavy atom. The van der Waals surface area contributed by atoms with E-state index in [1.54, 1.807) is 0 Å². The molecule has 0 aromatic heterocycles. The summed E-state index contributed by atoms with van der Waals surface area (Å²) >= 11 is 6.03. The molecule has 1 fully saturated rings. The molecular weight excluding hydrogens is 200 g/mol. The maximum Gasteiger partial charge on any atom is 0.324 e. The Morgan fingerprint density at radius 3 is 2.07 bits per heavy atom. The summed E-state index contributed by atoms with van der Waals surface area (Å²) in [6.45, 7) is 6.62. The van der Waals surface area contributed by atoms with Gasteiger partial charge in [-0.05, 0) is 37.0 Å². The topological polar surface area (TPSA) is 37.3 Å². The quantitative estimate of drug-likeness (QED) is 0.686. The second-order valence-electron chi connectivity index (χ2n) is 5.41. The van der Waals surface area contributed by atoms with Gasteiger partial charge in [0.05, 0.1) is 0 Å². The Labute approximate surface area is 90.6 Å². The summed E-state index contributed by atoms with van der Waals surface area (Å²) < 4.78 is 0. The number of halogens is 1. The Balaban J connectivity index is 2.59. The first-order chi connectivity index (χ1) is 6.26. The maximum absolute atomic E-state index is 10.9. The summed E-state index contributed by atoms with van der Waals surface area (Å²) in [4.78, 5) is 9.92. The highest BCUT2D eigenvalue weighted by Gasteiger charge is 2.42. The van der Waals surface area contributed by atoms with Crippen molar-refractivity contribution in [1.82, 2.24) is 0 Å². The van der Waals surface area contributed by atoms with E-state index in [0.717, 1.165) is 12.8 Å². The van der Waals surface area contributed by atoms with Gasteiger partial charge in [0.2, 0.25) is 0 Å². The van der Waals surface area contributed by atoms with Crippen LogP contribution >= 0.6 is 11.6 Å². The number of carbonyl (C=O) groups is 1. The van der Waals surface area contributed by atoms with Gasteiger partial charge in [0.15, 0.2) is 0 Å². The fraction of sp³-hybridized carbons (Fsp3) is 0.909. The second-order valence-corrected chi connectivity index (χ2v) is 6.13. The molecule has 0 radical (unpaired) electrons. The van der Waals surface area contributed by atoms with Crippen LogP contribution in [0.25, 0.3) is 0 Å². The fourth-order valence-corrected chi connectivity index (χ4v) is 2.37. The molecule has 0 aromatic rings. The monoisotopic (exact) mass is 218 g/mol. The average Bonchev–Trinajstić information content (AvgIpc) is 2.03. The minimum absolute atomic E-state index is 0.275. The van der Waals surface area contributed by atoms with Crippen LogP contribution in [0.5, 0.6) is 0 Å². The number of hydrogen-bond donors (Lipinski definition) is 1. The zero-order valence-electron chi connectivity index (χ0n) is 9.14. The minimum atomic E-state index is -0.984. The van der Waals surface area contributed by atoms with Crippen LogP contribution in [-0.2, 0) is 4.79 Å². The molecule has 0 aliphatic heterocycles. The smallest absolute Gasteiger partial charge is 0.324 e. The fourth-order valence-electron chi connectivity index (χ4n) is 2.16. The van der Waals surface area contributed by atoms with Crippen LogP contribution in [0.3, 0.4) is 0 Å². The molecule has 1 rings (SSSR count). The number of hydrogen-bond acceptors (Lipinski definition) is 1. The van der Waals surface area contributed by atoms with Crippen molar-refractivity contribution in [2.75, 3.05) is 0 Å². The summed E-state index contributed by atoms with van der Waals surface area (Å²) in [5, 5.41) is 8.95. The summed E-state index contributed by atoms with van der Waals surface area (Å²) in [5.41, 5.74) is 0.275. The van der Waals surface area contributed by atoms with Gasteiger partial charge in [0.25, 0.3) is 0 Å². The van der Waals surface area contributed by atoms with E-state index in [4.69, 9.17) is 16.7 Å². The van der Waals surface area contributed by atoms with Gasteiger partial charge in [-0.15, -0.1) is 11.6 Å². The number of carboxylic acids is 1. The molecule has 0 amide bonds. The van der Waals surface area contributed by atoms with Crippen LogP contribution < -0.4 is 0 Å².